The summed E-state index contributed by atoms with van der Waals surface area (Å²) >= 11 is 0. The van der Waals surface area contributed by atoms with Gasteiger partial charge in [-0.15, -0.1) is 48.0 Å². The van der Waals surface area contributed by atoms with Crippen LogP contribution < -0.4 is 4.57 Å². The van der Waals surface area contributed by atoms with Crippen molar-refractivity contribution in [2.24, 2.45) is 0 Å². The van der Waals surface area contributed by atoms with E-state index in [9.17, 15) is 0 Å². The van der Waals surface area contributed by atoms with Gasteiger partial charge in [-0.2, -0.15) is 18.6 Å². The first-order chi connectivity index (χ1) is 26.5. The second-order valence-electron chi connectivity index (χ2n) is 15.6. The number of nitrogens with zero attached hydrogens (tertiary/aromatic N) is 4. The number of aromatic nitrogens is 4. The molecule has 0 fully saturated rings. The Hall–Kier alpha value is -5.29. The third-order valence-corrected chi connectivity index (χ3v) is 10.5. The van der Waals surface area contributed by atoms with Crippen molar-refractivity contribution < 1.29 is 29.1 Å². The van der Waals surface area contributed by atoms with E-state index in [1.165, 1.54) is 27.9 Å². The van der Waals surface area contributed by atoms with Crippen molar-refractivity contribution in [3.63, 3.8) is 0 Å². The van der Waals surface area contributed by atoms with Crippen LogP contribution in [0.3, 0.4) is 0 Å². The zero-order valence-corrected chi connectivity index (χ0v) is 36.2. The average molecular weight is 917 g/mol. The number of benzene rings is 5. The second-order valence-corrected chi connectivity index (χ2v) is 15.6. The van der Waals surface area contributed by atoms with Gasteiger partial charge in [0.1, 0.15) is 22.7 Å². The van der Waals surface area contributed by atoms with Gasteiger partial charge in [0.25, 0.3) is 0 Å². The molecule has 0 aliphatic rings. The van der Waals surface area contributed by atoms with Crippen molar-refractivity contribution in [1.82, 2.24) is 14.1 Å². The Kier molecular flexibility index (Phi) is 12.1. The van der Waals surface area contributed by atoms with Gasteiger partial charge in [-0.3, -0.25) is 9.55 Å². The van der Waals surface area contributed by atoms with Gasteiger partial charge >= 0.3 is 20.1 Å². The molecule has 0 aliphatic carbocycles. The topological polar surface area (TPSA) is 39.8 Å². The maximum Gasteiger partial charge on any atom is 3.00 e. The molecule has 0 radical (unpaired) electrons. The second kappa shape index (κ2) is 16.8. The number of imidazole rings is 2. The molecule has 0 bridgehead atoms. The SMILES string of the molecule is CC(C)c1cc(C(C)C)c2oc3ccccc3c2c1-n1ccnc1-c1[c-]cccc1.[CH2-]c1ccccc1-c1n(-c2c(C(C)C)cccc2C(C)C)cc[n+]1[CH2-].[Ir+3]. The van der Waals surface area contributed by atoms with Crippen LogP contribution in [0.4, 0.5) is 0 Å². The minimum atomic E-state index is 0. The van der Waals surface area contributed by atoms with Crippen LogP contribution in [0, 0.1) is 20.0 Å². The van der Waals surface area contributed by atoms with Crippen LogP contribution in [0.15, 0.2) is 126 Å². The van der Waals surface area contributed by atoms with E-state index in [0.717, 1.165) is 56.0 Å². The number of rotatable bonds is 8. The van der Waals surface area contributed by atoms with Gasteiger partial charge in [0, 0.05) is 35.1 Å². The van der Waals surface area contributed by atoms with E-state index >= 15 is 0 Å². The molecule has 5 aromatic carbocycles. The van der Waals surface area contributed by atoms with Crippen molar-refractivity contribution in [1.29, 1.82) is 0 Å². The Labute approximate surface area is 346 Å². The van der Waals surface area contributed by atoms with Crippen LogP contribution >= 0.6 is 0 Å². The Morgan fingerprint density at radius 3 is 1.96 bits per heavy atom. The van der Waals surface area contributed by atoms with Gasteiger partial charge in [0.15, 0.2) is 0 Å². The van der Waals surface area contributed by atoms with Crippen molar-refractivity contribution in [3.05, 3.63) is 170 Å². The maximum atomic E-state index is 6.42. The molecule has 0 unspecified atom stereocenters. The number of hydrogen-bond acceptors (Lipinski definition) is 2. The number of hydrogen-bond donors (Lipinski definition) is 0. The maximum absolute atomic E-state index is 6.42. The van der Waals surface area contributed by atoms with Gasteiger partial charge in [0.05, 0.1) is 23.1 Å². The molecule has 3 aromatic heterocycles. The van der Waals surface area contributed by atoms with Crippen LogP contribution in [0.2, 0.25) is 0 Å². The smallest absolute Gasteiger partial charge is 0.456 e. The zero-order chi connectivity index (χ0) is 39.0. The fourth-order valence-corrected chi connectivity index (χ4v) is 7.69. The van der Waals surface area contributed by atoms with E-state index in [1.54, 1.807) is 0 Å². The van der Waals surface area contributed by atoms with E-state index < -0.39 is 0 Å². The van der Waals surface area contributed by atoms with Crippen LogP contribution in [0.1, 0.15) is 107 Å². The van der Waals surface area contributed by atoms with E-state index in [1.807, 2.05) is 59.6 Å². The van der Waals surface area contributed by atoms with E-state index in [0.29, 0.717) is 23.7 Å². The fourth-order valence-electron chi connectivity index (χ4n) is 7.69. The van der Waals surface area contributed by atoms with Gasteiger partial charge < -0.3 is 13.6 Å². The van der Waals surface area contributed by atoms with Crippen LogP contribution in [0.25, 0.3) is 56.1 Å². The van der Waals surface area contributed by atoms with Gasteiger partial charge in [-0.1, -0.05) is 103 Å². The van der Waals surface area contributed by atoms with Crippen molar-refractivity contribution in [2.75, 3.05) is 0 Å². The summed E-state index contributed by atoms with van der Waals surface area (Å²) in [6.45, 7) is 22.2. The largest absolute Gasteiger partial charge is 3.00 e. The molecular formula is C50H52IrN4O+. The normalized spacial score (nSPS) is 11.5. The van der Waals surface area contributed by atoms with Gasteiger partial charge in [-0.05, 0) is 54.0 Å². The van der Waals surface area contributed by atoms with Crippen LogP contribution in [-0.2, 0) is 20.1 Å². The molecule has 6 heteroatoms. The first kappa shape index (κ1) is 40.4. The molecule has 8 rings (SSSR count). The standard InChI is InChI=1S/C27H25N2O.C23H27N2.Ir/c1-17(2)21-16-22(18(3)4)26-24(20-12-8-9-13-23(20)30-26)25(21)29-15-14-28-27(29)19-10-6-5-7-11-19;1-16(2)19-12-9-13-20(17(3)4)22(19)25-15-14-24(6)23(25)21-11-8-7-10-18(21)5;/h5-10,12-18H,1-4H3;7-17H,5-6H2,1-4H3;/q2*-1;+3. The molecule has 0 atom stereocenters. The van der Waals surface area contributed by atoms with Crippen molar-refractivity contribution in [2.45, 2.75) is 79.1 Å². The number of para-hydroxylation sites is 2. The third-order valence-electron chi connectivity index (χ3n) is 10.5. The van der Waals surface area contributed by atoms with E-state index in [4.69, 9.17) is 9.40 Å². The zero-order valence-electron chi connectivity index (χ0n) is 33.8. The first-order valence-electron chi connectivity index (χ1n) is 19.4. The molecule has 0 amide bonds. The quantitative estimate of drug-likeness (QED) is 0.113. The minimum Gasteiger partial charge on any atom is -0.456 e. The summed E-state index contributed by atoms with van der Waals surface area (Å²) in [5.41, 5.74) is 12.7. The molecule has 3 heterocycles. The summed E-state index contributed by atoms with van der Waals surface area (Å²) in [6, 6.07) is 36.9. The predicted octanol–water partition coefficient (Wildman–Crippen LogP) is 13.0. The summed E-state index contributed by atoms with van der Waals surface area (Å²) < 4.78 is 12.8. The fraction of sp³-hybridized carbons (Fsp3) is 0.240. The van der Waals surface area contributed by atoms with Crippen molar-refractivity contribution in [3.8, 4) is 34.2 Å². The van der Waals surface area contributed by atoms with Crippen LogP contribution in [-0.4, -0.2) is 14.1 Å². The summed E-state index contributed by atoms with van der Waals surface area (Å²) in [7, 11) is 4.20. The van der Waals surface area contributed by atoms with Crippen molar-refractivity contribution >= 4 is 21.9 Å². The summed E-state index contributed by atoms with van der Waals surface area (Å²) in [5, 5.41) is 2.30. The Bertz CT molecular complexity index is 2560. The molecule has 56 heavy (non-hydrogen) atoms. The molecule has 5 nitrogen and oxygen atoms in total. The third kappa shape index (κ3) is 7.48. The molecular weight excluding hydrogens is 865 g/mol. The molecule has 0 saturated heterocycles. The average Bonchev–Trinajstić information content (AvgIpc) is 3.92. The Morgan fingerprint density at radius 1 is 0.679 bits per heavy atom. The van der Waals surface area contributed by atoms with Gasteiger partial charge in [-0.25, -0.2) is 0 Å². The molecule has 0 spiro atoms. The molecule has 286 valence electrons. The van der Waals surface area contributed by atoms with Crippen LogP contribution in [0.5, 0.6) is 0 Å². The summed E-state index contributed by atoms with van der Waals surface area (Å²) in [6.07, 6.45) is 8.04. The Balaban J connectivity index is 0.000000190. The monoisotopic (exact) mass is 917 g/mol. The summed E-state index contributed by atoms with van der Waals surface area (Å²) in [4.78, 5) is 4.69. The number of furan rings is 1. The molecule has 0 N–H and O–H groups in total. The van der Waals surface area contributed by atoms with Gasteiger partial charge in [0.2, 0.25) is 0 Å². The van der Waals surface area contributed by atoms with E-state index in [-0.39, 0.29) is 20.1 Å². The number of fused-ring (bicyclic) bond motifs is 3. The van der Waals surface area contributed by atoms with E-state index in [2.05, 4.69) is 151 Å². The molecule has 8 aromatic rings. The first-order valence-corrected chi connectivity index (χ1v) is 19.4. The molecule has 0 saturated carbocycles. The minimum absolute atomic E-state index is 0. The summed E-state index contributed by atoms with van der Waals surface area (Å²) in [5.74, 6) is 3.55. The predicted molar refractivity (Wildman–Crippen MR) is 228 cm³/mol. The molecule has 0 aliphatic heterocycles. The Morgan fingerprint density at radius 2 is 1.32 bits per heavy atom.